The van der Waals surface area contributed by atoms with Crippen LogP contribution >= 0.6 is 0 Å². The lowest BCUT2D eigenvalue weighted by Gasteiger charge is -2.11. The quantitative estimate of drug-likeness (QED) is 0.289. The van der Waals surface area contributed by atoms with Crippen LogP contribution in [-0.2, 0) is 9.53 Å². The van der Waals surface area contributed by atoms with Gasteiger partial charge in [0.05, 0.1) is 19.8 Å². The van der Waals surface area contributed by atoms with Crippen molar-refractivity contribution in [3.8, 4) is 0 Å². The van der Waals surface area contributed by atoms with Crippen LogP contribution in [0.1, 0.15) is 65.7 Å². The molecule has 0 aromatic carbocycles. The standard InChI is InChI=1S/C25H38O5/c1-19(9-5-11-21(3)16-26)7-4-8-20(2)10-6-12-22(17-27)13-14-24-23(18-28)15-25(29)30-24/h7,10-11,13,15,24,26-28H,4-6,8-9,12,14,16-18H2,1-3H3. The highest BCUT2D eigenvalue weighted by molar-refractivity contribution is 5.85. The molecule has 3 N–H and O–H groups in total. The zero-order chi connectivity index (χ0) is 22.4. The number of cyclic esters (lactones) is 1. The van der Waals surface area contributed by atoms with Gasteiger partial charge in [-0.15, -0.1) is 0 Å². The van der Waals surface area contributed by atoms with Crippen LogP contribution in [0.5, 0.6) is 0 Å². The third-order valence-corrected chi connectivity index (χ3v) is 5.25. The number of allylic oxidation sites excluding steroid dienone is 5. The fourth-order valence-electron chi connectivity index (χ4n) is 3.23. The van der Waals surface area contributed by atoms with E-state index in [0.717, 1.165) is 49.7 Å². The second-order valence-electron chi connectivity index (χ2n) is 7.98. The van der Waals surface area contributed by atoms with Crippen LogP contribution in [0.15, 0.2) is 58.2 Å². The van der Waals surface area contributed by atoms with E-state index in [-0.39, 0.29) is 19.8 Å². The van der Waals surface area contributed by atoms with Gasteiger partial charge in [-0.05, 0) is 64.9 Å². The van der Waals surface area contributed by atoms with E-state index < -0.39 is 12.1 Å². The molecule has 1 aliphatic heterocycles. The second kappa shape index (κ2) is 14.9. The molecule has 0 bridgehead atoms. The zero-order valence-electron chi connectivity index (χ0n) is 18.7. The summed E-state index contributed by atoms with van der Waals surface area (Å²) in [7, 11) is 0. The fourth-order valence-corrected chi connectivity index (χ4v) is 3.23. The number of esters is 1. The van der Waals surface area contributed by atoms with Crippen molar-refractivity contribution in [2.24, 2.45) is 0 Å². The molecule has 0 aliphatic carbocycles. The fraction of sp³-hybridized carbons (Fsp3) is 0.560. The molecule has 1 atom stereocenters. The first kappa shape index (κ1) is 26.1. The van der Waals surface area contributed by atoms with Crippen molar-refractivity contribution in [2.75, 3.05) is 19.8 Å². The Hall–Kier alpha value is -1.95. The molecule has 5 heteroatoms. The van der Waals surface area contributed by atoms with Crippen LogP contribution < -0.4 is 0 Å². The molecule has 1 rings (SSSR count). The maximum absolute atomic E-state index is 11.3. The van der Waals surface area contributed by atoms with Gasteiger partial charge >= 0.3 is 5.97 Å². The summed E-state index contributed by atoms with van der Waals surface area (Å²) in [6.07, 6.45) is 15.6. The van der Waals surface area contributed by atoms with E-state index >= 15 is 0 Å². The first-order valence-electron chi connectivity index (χ1n) is 10.8. The number of aliphatic hydroxyl groups is 3. The number of hydrogen-bond acceptors (Lipinski definition) is 5. The van der Waals surface area contributed by atoms with E-state index in [0.29, 0.717) is 12.0 Å². The smallest absolute Gasteiger partial charge is 0.331 e. The Morgan fingerprint density at radius 1 is 0.867 bits per heavy atom. The van der Waals surface area contributed by atoms with Gasteiger partial charge in [-0.25, -0.2) is 4.79 Å². The van der Waals surface area contributed by atoms with Crippen LogP contribution in [0.4, 0.5) is 0 Å². The first-order chi connectivity index (χ1) is 14.4. The highest BCUT2D eigenvalue weighted by atomic mass is 16.5. The number of rotatable bonds is 14. The topological polar surface area (TPSA) is 87.0 Å². The normalized spacial score (nSPS) is 18.7. The Morgan fingerprint density at radius 3 is 1.97 bits per heavy atom. The average Bonchev–Trinajstić information content (AvgIpc) is 3.09. The van der Waals surface area contributed by atoms with Crippen molar-refractivity contribution in [3.63, 3.8) is 0 Å². The van der Waals surface area contributed by atoms with Crippen LogP contribution in [0.2, 0.25) is 0 Å². The van der Waals surface area contributed by atoms with Crippen molar-refractivity contribution in [1.82, 2.24) is 0 Å². The summed E-state index contributed by atoms with van der Waals surface area (Å²) in [5.74, 6) is -0.414. The summed E-state index contributed by atoms with van der Waals surface area (Å²) >= 11 is 0. The lowest BCUT2D eigenvalue weighted by atomic mass is 10.0. The summed E-state index contributed by atoms with van der Waals surface area (Å²) in [4.78, 5) is 11.3. The molecule has 0 aromatic rings. The van der Waals surface area contributed by atoms with Gasteiger partial charge in [0, 0.05) is 18.1 Å². The first-order valence-corrected chi connectivity index (χ1v) is 10.8. The second-order valence-corrected chi connectivity index (χ2v) is 7.98. The van der Waals surface area contributed by atoms with Gasteiger partial charge in [-0.3, -0.25) is 0 Å². The maximum Gasteiger partial charge on any atom is 0.331 e. The van der Waals surface area contributed by atoms with Crippen molar-refractivity contribution >= 4 is 5.97 Å². The van der Waals surface area contributed by atoms with Gasteiger partial charge in [0.2, 0.25) is 0 Å². The van der Waals surface area contributed by atoms with Crippen molar-refractivity contribution in [3.05, 3.63) is 58.2 Å². The largest absolute Gasteiger partial charge is 0.454 e. The monoisotopic (exact) mass is 418 g/mol. The summed E-state index contributed by atoms with van der Waals surface area (Å²) in [5.41, 5.74) is 5.24. The minimum absolute atomic E-state index is 0.0160. The Morgan fingerprint density at radius 2 is 1.43 bits per heavy atom. The van der Waals surface area contributed by atoms with E-state index in [1.165, 1.54) is 17.2 Å². The van der Waals surface area contributed by atoms with Crippen LogP contribution in [0.25, 0.3) is 0 Å². The molecule has 1 heterocycles. The Kier molecular flexibility index (Phi) is 13.0. The highest BCUT2D eigenvalue weighted by Crippen LogP contribution is 2.20. The van der Waals surface area contributed by atoms with Crippen LogP contribution in [0, 0.1) is 0 Å². The minimum atomic E-state index is -0.417. The molecule has 0 spiro atoms. The molecule has 1 unspecified atom stereocenters. The molecular weight excluding hydrogens is 380 g/mol. The highest BCUT2D eigenvalue weighted by Gasteiger charge is 2.24. The maximum atomic E-state index is 11.3. The third kappa shape index (κ3) is 10.7. The minimum Gasteiger partial charge on any atom is -0.454 e. The van der Waals surface area contributed by atoms with E-state index in [1.807, 2.05) is 13.0 Å². The van der Waals surface area contributed by atoms with E-state index in [4.69, 9.17) is 9.84 Å². The molecule has 0 saturated carbocycles. The molecular formula is C25H38O5. The number of ether oxygens (including phenoxy) is 1. The lowest BCUT2D eigenvalue weighted by molar-refractivity contribution is -0.138. The lowest BCUT2D eigenvalue weighted by Crippen LogP contribution is -2.13. The van der Waals surface area contributed by atoms with E-state index in [9.17, 15) is 15.0 Å². The van der Waals surface area contributed by atoms with Gasteiger partial charge in [-0.2, -0.15) is 0 Å². The van der Waals surface area contributed by atoms with E-state index in [1.54, 1.807) is 0 Å². The molecule has 30 heavy (non-hydrogen) atoms. The Labute approximate surface area is 181 Å². The van der Waals surface area contributed by atoms with Crippen molar-refractivity contribution in [1.29, 1.82) is 0 Å². The van der Waals surface area contributed by atoms with Crippen LogP contribution in [0.3, 0.4) is 0 Å². The summed E-state index contributed by atoms with van der Waals surface area (Å²) in [6.45, 7) is 6.16. The molecule has 0 fully saturated rings. The number of carbonyl (C=O) groups excluding carboxylic acids is 1. The van der Waals surface area contributed by atoms with E-state index in [2.05, 4.69) is 32.1 Å². The van der Waals surface area contributed by atoms with Crippen LogP contribution in [-0.4, -0.2) is 47.2 Å². The predicted molar refractivity (Wildman–Crippen MR) is 121 cm³/mol. The third-order valence-electron chi connectivity index (χ3n) is 5.25. The molecule has 5 nitrogen and oxygen atoms in total. The zero-order valence-corrected chi connectivity index (χ0v) is 18.7. The van der Waals surface area contributed by atoms with Gasteiger partial charge in [0.1, 0.15) is 6.10 Å². The SMILES string of the molecule is CC(=CCCC(C)=CCCC(C)=CCCC(=CCC1OC(=O)C=C1CO)CO)CO. The van der Waals surface area contributed by atoms with Crippen molar-refractivity contribution in [2.45, 2.75) is 71.8 Å². The average molecular weight is 419 g/mol. The molecule has 0 aromatic heterocycles. The summed E-state index contributed by atoms with van der Waals surface area (Å²) < 4.78 is 5.16. The number of hydrogen-bond donors (Lipinski definition) is 3. The van der Waals surface area contributed by atoms with Gasteiger partial charge in [-0.1, -0.05) is 41.0 Å². The summed E-state index contributed by atoms with van der Waals surface area (Å²) in [5, 5.41) is 27.8. The molecule has 1 aliphatic rings. The van der Waals surface area contributed by atoms with Crippen molar-refractivity contribution < 1.29 is 24.9 Å². The predicted octanol–water partition coefficient (Wildman–Crippen LogP) is 4.31. The Bertz CT molecular complexity index is 694. The van der Waals surface area contributed by atoms with Gasteiger partial charge < -0.3 is 20.1 Å². The molecule has 0 saturated heterocycles. The van der Waals surface area contributed by atoms with Gasteiger partial charge in [0.15, 0.2) is 0 Å². The molecule has 168 valence electrons. The Balaban J connectivity index is 2.36. The molecule has 0 radical (unpaired) electrons. The number of aliphatic hydroxyl groups excluding tert-OH is 3. The summed E-state index contributed by atoms with van der Waals surface area (Å²) in [6, 6.07) is 0. The van der Waals surface area contributed by atoms with Gasteiger partial charge in [0.25, 0.3) is 0 Å². The molecule has 0 amide bonds. The number of carbonyl (C=O) groups is 1.